The molecule has 2 aliphatic carbocycles. The number of nitro benzene ring substituents is 1. The molecule has 8 nitrogen and oxygen atoms in total. The zero-order chi connectivity index (χ0) is 26.7. The molecular formula is C29H38N4O4S. The molecule has 38 heavy (non-hydrogen) atoms. The molecule has 204 valence electrons. The number of benzene rings is 2. The van der Waals surface area contributed by atoms with Crippen molar-refractivity contribution in [1.82, 2.24) is 9.71 Å². The fourth-order valence-electron chi connectivity index (χ4n) is 5.56. The van der Waals surface area contributed by atoms with Crippen LogP contribution in [0.25, 0.3) is 10.9 Å². The number of fused-ring (bicyclic) bond motifs is 1. The van der Waals surface area contributed by atoms with Crippen molar-refractivity contribution in [3.05, 3.63) is 70.4 Å². The average Bonchev–Trinajstić information content (AvgIpc) is 3.35. The molecule has 3 aromatic rings. The number of carbonyl (C=O) groups is 1. The topological polar surface area (TPSA) is 128 Å². The molecule has 0 radical (unpaired) electrons. The maximum atomic E-state index is 11.5. The number of aliphatic carboxylic acids is 1. The maximum Gasteiger partial charge on any atom is 0.284 e. The summed E-state index contributed by atoms with van der Waals surface area (Å²) in [5, 5.41) is 26.2. The zero-order valence-corrected chi connectivity index (χ0v) is 22.6. The van der Waals surface area contributed by atoms with Gasteiger partial charge < -0.3 is 20.2 Å². The largest absolute Gasteiger partial charge is 0.548 e. The molecule has 1 heterocycles. The molecule has 0 saturated heterocycles. The van der Waals surface area contributed by atoms with Crippen molar-refractivity contribution in [2.24, 2.45) is 0 Å². The van der Waals surface area contributed by atoms with Gasteiger partial charge in [0.1, 0.15) is 4.90 Å². The van der Waals surface area contributed by atoms with Crippen molar-refractivity contribution in [2.45, 2.75) is 93.7 Å². The summed E-state index contributed by atoms with van der Waals surface area (Å²) in [6.07, 6.45) is 16.9. The van der Waals surface area contributed by atoms with Crippen molar-refractivity contribution in [2.75, 3.05) is 0 Å². The molecule has 0 aliphatic heterocycles. The van der Waals surface area contributed by atoms with Crippen LogP contribution in [0, 0.1) is 10.1 Å². The van der Waals surface area contributed by atoms with E-state index in [9.17, 15) is 20.0 Å². The SMILES string of the molecule is C1CCC([NH2+]C2CCCCC2)CC1.O=C([O-])[C@@H](Cc1c[nH]c2ccccc12)NSc1ccccc1[N+](=O)[O-]. The Morgan fingerprint density at radius 3 is 2.21 bits per heavy atom. The normalized spacial score (nSPS) is 17.5. The number of nitrogens with zero attached hydrogens (tertiary/aromatic N) is 1. The Hall–Kier alpha value is -2.88. The number of hydrogen-bond acceptors (Lipinski definition) is 6. The average molecular weight is 539 g/mol. The van der Waals surface area contributed by atoms with Crippen LogP contribution in [0.2, 0.25) is 0 Å². The molecule has 0 bridgehead atoms. The van der Waals surface area contributed by atoms with Crippen molar-refractivity contribution in [3.63, 3.8) is 0 Å². The second kappa shape index (κ2) is 14.3. The molecule has 2 saturated carbocycles. The summed E-state index contributed by atoms with van der Waals surface area (Å²) in [6.45, 7) is 0. The Morgan fingerprint density at radius 1 is 0.974 bits per heavy atom. The van der Waals surface area contributed by atoms with Crippen LogP contribution in [0.15, 0.2) is 59.6 Å². The van der Waals surface area contributed by atoms with Gasteiger partial charge in [-0.05, 0) is 87.4 Å². The molecule has 1 aromatic heterocycles. The third-order valence-corrected chi connectivity index (χ3v) is 8.57. The van der Waals surface area contributed by atoms with Gasteiger partial charge in [-0.2, -0.15) is 0 Å². The quantitative estimate of drug-likeness (QED) is 0.212. The molecule has 5 rings (SSSR count). The predicted molar refractivity (Wildman–Crippen MR) is 149 cm³/mol. The zero-order valence-electron chi connectivity index (χ0n) is 21.8. The highest BCUT2D eigenvalue weighted by Gasteiger charge is 2.23. The highest BCUT2D eigenvalue weighted by molar-refractivity contribution is 7.97. The third kappa shape index (κ3) is 8.06. The van der Waals surface area contributed by atoms with Crippen LogP contribution in [-0.4, -0.2) is 34.0 Å². The van der Waals surface area contributed by atoms with E-state index in [0.29, 0.717) is 4.90 Å². The summed E-state index contributed by atoms with van der Waals surface area (Å²) in [5.41, 5.74) is 1.67. The second-order valence-electron chi connectivity index (χ2n) is 10.4. The van der Waals surface area contributed by atoms with Crippen LogP contribution in [0.4, 0.5) is 5.69 Å². The van der Waals surface area contributed by atoms with Gasteiger partial charge in [-0.15, -0.1) is 0 Å². The lowest BCUT2D eigenvalue weighted by Gasteiger charge is -2.27. The number of aromatic amines is 1. The predicted octanol–water partition coefficient (Wildman–Crippen LogP) is 4.25. The van der Waals surface area contributed by atoms with Crippen LogP contribution >= 0.6 is 11.9 Å². The van der Waals surface area contributed by atoms with E-state index in [-0.39, 0.29) is 12.1 Å². The van der Waals surface area contributed by atoms with Gasteiger partial charge in [0.05, 0.1) is 29.0 Å². The number of aromatic nitrogens is 1. The molecule has 0 amide bonds. The first-order valence-corrected chi connectivity index (χ1v) is 14.6. The van der Waals surface area contributed by atoms with Gasteiger partial charge in [0.25, 0.3) is 5.69 Å². The molecule has 9 heteroatoms. The number of para-hydroxylation sites is 2. The Balaban J connectivity index is 0.000000216. The van der Waals surface area contributed by atoms with E-state index >= 15 is 0 Å². The summed E-state index contributed by atoms with van der Waals surface area (Å²) in [7, 11) is 0. The van der Waals surface area contributed by atoms with E-state index in [4.69, 9.17) is 0 Å². The van der Waals surface area contributed by atoms with Crippen molar-refractivity contribution >= 4 is 34.5 Å². The fourth-order valence-corrected chi connectivity index (χ4v) is 6.40. The number of H-pyrrole nitrogens is 1. The highest BCUT2D eigenvalue weighted by atomic mass is 32.2. The first kappa shape index (κ1) is 28.1. The van der Waals surface area contributed by atoms with Crippen LogP contribution in [0.1, 0.15) is 69.8 Å². The van der Waals surface area contributed by atoms with Gasteiger partial charge in [-0.3, -0.25) is 14.8 Å². The summed E-state index contributed by atoms with van der Waals surface area (Å²) in [4.78, 5) is 25.4. The van der Waals surface area contributed by atoms with Crippen molar-refractivity contribution < 1.29 is 20.1 Å². The summed E-state index contributed by atoms with van der Waals surface area (Å²) in [6, 6.07) is 14.7. The van der Waals surface area contributed by atoms with Crippen molar-refractivity contribution in [1.29, 1.82) is 0 Å². The van der Waals surface area contributed by atoms with Crippen LogP contribution in [-0.2, 0) is 11.2 Å². The van der Waals surface area contributed by atoms with E-state index in [1.165, 1.54) is 70.3 Å². The minimum absolute atomic E-state index is 0.0795. The lowest BCUT2D eigenvalue weighted by molar-refractivity contribution is -0.725. The molecule has 2 aromatic carbocycles. The molecular weight excluding hydrogens is 500 g/mol. The number of nitro groups is 1. The van der Waals surface area contributed by atoms with Crippen LogP contribution in [0.3, 0.4) is 0 Å². The third-order valence-electron chi connectivity index (χ3n) is 7.60. The molecule has 2 fully saturated rings. The van der Waals surface area contributed by atoms with E-state index in [1.807, 2.05) is 24.3 Å². The molecule has 0 unspecified atom stereocenters. The van der Waals surface area contributed by atoms with Gasteiger partial charge in [-0.25, -0.2) is 0 Å². The molecule has 1 atom stereocenters. The number of nitrogens with one attached hydrogen (secondary N) is 2. The molecule has 0 spiro atoms. The van der Waals surface area contributed by atoms with Gasteiger partial charge >= 0.3 is 0 Å². The van der Waals surface area contributed by atoms with Crippen LogP contribution in [0.5, 0.6) is 0 Å². The van der Waals surface area contributed by atoms with Crippen LogP contribution < -0.4 is 15.1 Å². The lowest BCUT2D eigenvalue weighted by Crippen LogP contribution is -2.95. The lowest BCUT2D eigenvalue weighted by atomic mass is 9.91. The Morgan fingerprint density at radius 2 is 1.58 bits per heavy atom. The monoisotopic (exact) mass is 538 g/mol. The number of carboxylic acid groups (broad SMARTS) is 1. The highest BCUT2D eigenvalue weighted by Crippen LogP contribution is 2.27. The maximum absolute atomic E-state index is 11.5. The van der Waals surface area contributed by atoms with E-state index in [0.717, 1.165) is 40.5 Å². The van der Waals surface area contributed by atoms with Gasteiger partial charge in [0.15, 0.2) is 0 Å². The summed E-state index contributed by atoms with van der Waals surface area (Å²) < 4.78 is 2.77. The smallest absolute Gasteiger partial charge is 0.284 e. The Bertz CT molecular complexity index is 1170. The number of rotatable bonds is 9. The molecule has 4 N–H and O–H groups in total. The first-order valence-electron chi connectivity index (χ1n) is 13.8. The van der Waals surface area contributed by atoms with E-state index < -0.39 is 16.9 Å². The Kier molecular flexibility index (Phi) is 10.6. The number of carbonyl (C=O) groups excluding carboxylic acids is 1. The standard InChI is InChI=1S/C17H15N3O4S.C12H23N/c21-17(22)14(9-11-10-18-13-6-2-1-5-12(11)13)19-25-16-8-4-3-7-15(16)20(23)24;1-3-7-11(8-4-1)13-12-9-5-2-6-10-12/h1-8,10,14,18-19H,9H2,(H,21,22);11-13H,1-10H2/t14-;/m1./s1. The van der Waals surface area contributed by atoms with E-state index in [1.54, 1.807) is 24.4 Å². The summed E-state index contributed by atoms with van der Waals surface area (Å²) in [5.74, 6) is -1.27. The second-order valence-corrected chi connectivity index (χ2v) is 11.2. The van der Waals surface area contributed by atoms with E-state index in [2.05, 4.69) is 15.0 Å². The fraction of sp³-hybridized carbons (Fsp3) is 0.483. The number of nitrogens with two attached hydrogens (primary N) is 1. The van der Waals surface area contributed by atoms with Gasteiger partial charge in [0.2, 0.25) is 0 Å². The number of hydrogen-bond donors (Lipinski definition) is 3. The van der Waals surface area contributed by atoms with Gasteiger partial charge in [-0.1, -0.05) is 43.2 Å². The minimum atomic E-state index is -1.27. The molecule has 2 aliphatic rings. The summed E-state index contributed by atoms with van der Waals surface area (Å²) >= 11 is 0.916. The van der Waals surface area contributed by atoms with Crippen molar-refractivity contribution in [3.8, 4) is 0 Å². The number of quaternary nitrogens is 1. The number of carboxylic acids is 1. The Labute approximate surface area is 228 Å². The van der Waals surface area contributed by atoms with Gasteiger partial charge in [0, 0.05) is 23.2 Å². The minimum Gasteiger partial charge on any atom is -0.548 e. The first-order chi connectivity index (χ1) is 18.5.